The predicted octanol–water partition coefficient (Wildman–Crippen LogP) is 7.16. The fraction of sp³-hybridized carbons (Fsp3) is 0.258. The van der Waals surface area contributed by atoms with Crippen molar-refractivity contribution in [3.8, 4) is 40.4 Å². The van der Waals surface area contributed by atoms with Crippen LogP contribution in [0.3, 0.4) is 0 Å². The predicted molar refractivity (Wildman–Crippen MR) is 160 cm³/mol. The number of fused-ring (bicyclic) bond motifs is 1. The number of hydrogen-bond donors (Lipinski definition) is 1. The lowest BCUT2D eigenvalue weighted by Gasteiger charge is -2.25. The molecule has 216 valence electrons. The number of ether oxygens (including phenoxy) is 3. The Morgan fingerprint density at radius 2 is 1.88 bits per heavy atom. The Labute approximate surface area is 247 Å². The van der Waals surface area contributed by atoms with E-state index in [0.717, 1.165) is 25.5 Å². The summed E-state index contributed by atoms with van der Waals surface area (Å²) in [7, 11) is 0. The minimum absolute atomic E-state index is 0.0240. The number of nitrogens with one attached hydrogen (secondary N) is 1. The third kappa shape index (κ3) is 6.36. The molecule has 0 spiro atoms. The second kappa shape index (κ2) is 12.4. The number of aryl methyl sites for hydroxylation is 1. The van der Waals surface area contributed by atoms with Gasteiger partial charge in [0.1, 0.15) is 29.5 Å². The highest BCUT2D eigenvalue weighted by atomic mass is 19.1. The Kier molecular flexibility index (Phi) is 8.04. The van der Waals surface area contributed by atoms with E-state index in [4.69, 9.17) is 18.6 Å². The molecule has 0 aliphatic carbocycles. The maximum absolute atomic E-state index is 15.3. The quantitative estimate of drug-likeness (QED) is 0.180. The van der Waals surface area contributed by atoms with Crippen LogP contribution in [0.5, 0.6) is 23.0 Å². The summed E-state index contributed by atoms with van der Waals surface area (Å²) < 4.78 is 38.9. The summed E-state index contributed by atoms with van der Waals surface area (Å²) in [5, 5.41) is 20.9. The van der Waals surface area contributed by atoms with Gasteiger partial charge in [0.05, 0.1) is 23.9 Å². The molecule has 1 fully saturated rings. The molecule has 1 saturated heterocycles. The van der Waals surface area contributed by atoms with Crippen molar-refractivity contribution in [2.75, 3.05) is 11.9 Å². The molecule has 1 aliphatic heterocycles. The van der Waals surface area contributed by atoms with E-state index in [-0.39, 0.29) is 18.5 Å². The SMILES string of the molecule is CCOc1cc2ncnc(Nc3ccc(Oc4cccc(-c5nnc(C)o5)c4)cc3F)c2cc1OC1CCB(C#N)CC1. The molecule has 0 saturated carbocycles. The fourth-order valence-electron chi connectivity index (χ4n) is 5.04. The van der Waals surface area contributed by atoms with E-state index >= 15 is 4.39 Å². The lowest BCUT2D eigenvalue weighted by Crippen LogP contribution is -2.27. The van der Waals surface area contributed by atoms with Crippen LogP contribution >= 0.6 is 0 Å². The number of aromatic nitrogens is 4. The van der Waals surface area contributed by atoms with Gasteiger partial charge in [-0.05, 0) is 56.2 Å². The van der Waals surface area contributed by atoms with Gasteiger partial charge in [0.2, 0.25) is 11.8 Å². The highest BCUT2D eigenvalue weighted by Gasteiger charge is 2.26. The molecule has 0 atom stereocenters. The van der Waals surface area contributed by atoms with Gasteiger partial charge in [-0.3, -0.25) is 0 Å². The van der Waals surface area contributed by atoms with Gasteiger partial charge < -0.3 is 23.9 Å². The second-order valence-electron chi connectivity index (χ2n) is 10.2. The molecule has 0 unspecified atom stereocenters. The van der Waals surface area contributed by atoms with Gasteiger partial charge in [0.25, 0.3) is 6.71 Å². The smallest absolute Gasteiger partial charge is 0.268 e. The van der Waals surface area contributed by atoms with Crippen LogP contribution in [0.2, 0.25) is 12.6 Å². The van der Waals surface area contributed by atoms with E-state index in [1.54, 1.807) is 43.3 Å². The Morgan fingerprint density at radius 1 is 1.05 bits per heavy atom. The van der Waals surface area contributed by atoms with Crippen molar-refractivity contribution in [2.24, 2.45) is 0 Å². The monoisotopic (exact) mass is 578 g/mol. The van der Waals surface area contributed by atoms with Crippen LogP contribution in [0.15, 0.2) is 65.3 Å². The minimum Gasteiger partial charge on any atom is -0.490 e. The van der Waals surface area contributed by atoms with E-state index in [2.05, 4.69) is 31.5 Å². The topological polar surface area (TPSA) is 128 Å². The first-order valence-corrected chi connectivity index (χ1v) is 14.1. The maximum Gasteiger partial charge on any atom is 0.268 e. The number of nitriles is 1. The van der Waals surface area contributed by atoms with Gasteiger partial charge in [-0.2, -0.15) is 0 Å². The molecule has 0 bridgehead atoms. The lowest BCUT2D eigenvalue weighted by molar-refractivity contribution is 0.177. The molecule has 2 aromatic heterocycles. The van der Waals surface area contributed by atoms with Crippen LogP contribution in [-0.4, -0.2) is 39.6 Å². The number of benzene rings is 3. The maximum atomic E-state index is 15.3. The van der Waals surface area contributed by atoms with Crippen LogP contribution in [0.1, 0.15) is 25.7 Å². The van der Waals surface area contributed by atoms with Gasteiger partial charge in [-0.1, -0.05) is 18.7 Å². The van der Waals surface area contributed by atoms with Crippen molar-refractivity contribution in [1.29, 1.82) is 5.26 Å². The molecule has 3 aromatic carbocycles. The summed E-state index contributed by atoms with van der Waals surface area (Å²) in [4.78, 5) is 8.78. The minimum atomic E-state index is -0.524. The average Bonchev–Trinajstić information content (AvgIpc) is 3.46. The molecule has 5 aromatic rings. The van der Waals surface area contributed by atoms with E-state index in [9.17, 15) is 5.26 Å². The number of hydrogen-bond acceptors (Lipinski definition) is 10. The van der Waals surface area contributed by atoms with Crippen LogP contribution in [0.25, 0.3) is 22.4 Å². The Morgan fingerprint density at radius 3 is 2.63 bits per heavy atom. The first-order valence-electron chi connectivity index (χ1n) is 14.1. The zero-order valence-corrected chi connectivity index (χ0v) is 23.7. The summed E-state index contributed by atoms with van der Waals surface area (Å²) in [5.41, 5.74) is 1.53. The molecule has 0 amide bonds. The number of rotatable bonds is 9. The fourth-order valence-corrected chi connectivity index (χ4v) is 5.04. The van der Waals surface area contributed by atoms with Crippen LogP contribution < -0.4 is 19.5 Å². The molecular formula is C31H28BFN6O4. The number of nitrogens with zero attached hydrogens (tertiary/aromatic N) is 5. The van der Waals surface area contributed by atoms with Gasteiger partial charge in [-0.25, -0.2) is 19.6 Å². The van der Waals surface area contributed by atoms with E-state index in [1.807, 2.05) is 19.1 Å². The molecule has 10 nitrogen and oxygen atoms in total. The summed E-state index contributed by atoms with van der Waals surface area (Å²) in [6, 6.07) is 15.3. The van der Waals surface area contributed by atoms with Crippen molar-refractivity contribution in [1.82, 2.24) is 20.2 Å². The van der Waals surface area contributed by atoms with Crippen molar-refractivity contribution in [2.45, 2.75) is 45.4 Å². The first kappa shape index (κ1) is 28.0. The van der Waals surface area contributed by atoms with Crippen molar-refractivity contribution >= 4 is 29.1 Å². The lowest BCUT2D eigenvalue weighted by atomic mass is 9.42. The standard InChI is InChI=1S/C31H28BFN6O4/c1-3-40-28-16-27-24(15-29(28)43-21-9-11-32(17-34)12-10-21)30(36-18-35-27)37-26-8-7-23(14-25(26)33)42-22-6-4-5-20(13-22)31-39-38-19(2)41-31/h4-8,13-16,18,21H,3,9-12H2,1-2H3,(H,35,36,37). The van der Waals surface area contributed by atoms with Gasteiger partial charge >= 0.3 is 0 Å². The molecule has 0 radical (unpaired) electrons. The van der Waals surface area contributed by atoms with E-state index in [0.29, 0.717) is 63.7 Å². The van der Waals surface area contributed by atoms with Crippen molar-refractivity contribution in [3.63, 3.8) is 0 Å². The molecule has 6 rings (SSSR count). The molecule has 1 N–H and O–H groups in total. The average molecular weight is 578 g/mol. The zero-order valence-electron chi connectivity index (χ0n) is 23.7. The Hall–Kier alpha value is -5.18. The van der Waals surface area contributed by atoms with Crippen molar-refractivity contribution in [3.05, 3.63) is 72.6 Å². The Bertz CT molecular complexity index is 1800. The van der Waals surface area contributed by atoms with Gasteiger partial charge in [-0.15, -0.1) is 10.2 Å². The molecule has 43 heavy (non-hydrogen) atoms. The normalized spacial score (nSPS) is 13.5. The summed E-state index contributed by atoms with van der Waals surface area (Å²) in [6.07, 6.45) is 4.58. The molecule has 12 heteroatoms. The van der Waals surface area contributed by atoms with Gasteiger partial charge in [0, 0.05) is 36.0 Å². The molecular weight excluding hydrogens is 550 g/mol. The summed E-state index contributed by atoms with van der Waals surface area (Å²) in [5.74, 6) is 5.03. The molecule has 1 aliphatic rings. The van der Waals surface area contributed by atoms with Crippen LogP contribution in [0, 0.1) is 24.0 Å². The second-order valence-corrected chi connectivity index (χ2v) is 10.2. The third-order valence-electron chi connectivity index (χ3n) is 7.19. The number of anilines is 2. The first-order chi connectivity index (χ1) is 21.0. The highest BCUT2D eigenvalue weighted by Crippen LogP contribution is 2.38. The zero-order chi connectivity index (χ0) is 29.8. The number of halogens is 1. The Balaban J connectivity index is 1.22. The third-order valence-corrected chi connectivity index (χ3v) is 7.19. The van der Waals surface area contributed by atoms with E-state index < -0.39 is 5.82 Å². The largest absolute Gasteiger partial charge is 0.490 e. The van der Waals surface area contributed by atoms with E-state index in [1.165, 1.54) is 12.4 Å². The summed E-state index contributed by atoms with van der Waals surface area (Å²) >= 11 is 0. The molecule has 3 heterocycles. The highest BCUT2D eigenvalue weighted by molar-refractivity contribution is 6.67. The van der Waals surface area contributed by atoms with Crippen molar-refractivity contribution < 1.29 is 23.0 Å². The van der Waals surface area contributed by atoms with Gasteiger partial charge in [0.15, 0.2) is 11.5 Å². The summed E-state index contributed by atoms with van der Waals surface area (Å²) in [6.45, 7) is 4.15. The van der Waals surface area contributed by atoms with Crippen LogP contribution in [-0.2, 0) is 0 Å². The van der Waals surface area contributed by atoms with Crippen LogP contribution in [0.4, 0.5) is 15.9 Å².